The molecule has 4 unspecified atom stereocenters. The third-order valence-electron chi connectivity index (χ3n) is 5.62. The summed E-state index contributed by atoms with van der Waals surface area (Å²) in [7, 11) is 0. The topological polar surface area (TPSA) is 160 Å². The van der Waals surface area contributed by atoms with Gasteiger partial charge < -0.3 is 31.3 Å². The number of hydrogen-bond acceptors (Lipinski definition) is 9. The van der Waals surface area contributed by atoms with Crippen LogP contribution in [0.5, 0.6) is 0 Å². The van der Waals surface area contributed by atoms with Crippen molar-refractivity contribution in [3.05, 3.63) is 12.2 Å². The standard InChI is InChI=1S/C20H27N7O4/c1-2-23-19(30)16-14(28)15(29)20(31-16)27-10-24-13-17(21)25-12(26-18(13)27)5-3-4-11-6-8-22-9-7-11/h10-11,14-16,20,22,28-29H,2,4,6-9H2,1H3,(H,23,30)(H2,21,25,26). The number of aliphatic hydroxyl groups is 2. The second kappa shape index (κ2) is 9.15. The number of nitrogens with zero attached hydrogens (tertiary/aromatic N) is 4. The van der Waals surface area contributed by atoms with E-state index in [0.717, 1.165) is 32.4 Å². The number of hydrogen-bond donors (Lipinski definition) is 5. The highest BCUT2D eigenvalue weighted by atomic mass is 16.6. The maximum atomic E-state index is 12.1. The van der Waals surface area contributed by atoms with Crippen molar-refractivity contribution in [1.29, 1.82) is 0 Å². The van der Waals surface area contributed by atoms with Gasteiger partial charge in [-0.15, -0.1) is 0 Å². The molecule has 31 heavy (non-hydrogen) atoms. The Labute approximate surface area is 179 Å². The lowest BCUT2D eigenvalue weighted by atomic mass is 9.95. The Balaban J connectivity index is 1.58. The van der Waals surface area contributed by atoms with E-state index in [9.17, 15) is 15.0 Å². The van der Waals surface area contributed by atoms with Gasteiger partial charge in [-0.25, -0.2) is 15.0 Å². The number of likely N-dealkylation sites (N-methyl/N-ethyl adjacent to an activating group) is 1. The van der Waals surface area contributed by atoms with E-state index >= 15 is 0 Å². The molecule has 2 aromatic heterocycles. The van der Waals surface area contributed by atoms with Crippen molar-refractivity contribution in [1.82, 2.24) is 30.2 Å². The van der Waals surface area contributed by atoms with E-state index in [0.29, 0.717) is 23.6 Å². The van der Waals surface area contributed by atoms with Gasteiger partial charge in [0, 0.05) is 13.0 Å². The van der Waals surface area contributed by atoms with Gasteiger partial charge in [0.15, 0.2) is 23.8 Å². The third-order valence-corrected chi connectivity index (χ3v) is 5.62. The molecule has 4 heterocycles. The number of piperidine rings is 1. The van der Waals surface area contributed by atoms with Crippen molar-refractivity contribution < 1.29 is 19.7 Å². The molecule has 4 atom stereocenters. The Hall–Kier alpha value is -2.78. The van der Waals surface area contributed by atoms with E-state index < -0.39 is 30.4 Å². The lowest BCUT2D eigenvalue weighted by molar-refractivity contribution is -0.137. The summed E-state index contributed by atoms with van der Waals surface area (Å²) in [5, 5.41) is 26.7. The SMILES string of the molecule is CCNC(=O)C1OC(n2cnc3c(N)nc(C#CCC4CCNCC4)nc32)C(O)C1O. The molecule has 0 aliphatic carbocycles. The van der Waals surface area contributed by atoms with Crippen LogP contribution in [0, 0.1) is 17.8 Å². The zero-order valence-electron chi connectivity index (χ0n) is 17.3. The molecule has 1 amide bonds. The second-order valence-electron chi connectivity index (χ2n) is 7.78. The van der Waals surface area contributed by atoms with E-state index in [1.807, 2.05) is 0 Å². The van der Waals surface area contributed by atoms with Gasteiger partial charge in [0.2, 0.25) is 5.82 Å². The van der Waals surface area contributed by atoms with Crippen LogP contribution in [-0.2, 0) is 9.53 Å². The zero-order chi connectivity index (χ0) is 22.0. The molecule has 0 bridgehead atoms. The lowest BCUT2D eigenvalue weighted by Crippen LogP contribution is -2.42. The van der Waals surface area contributed by atoms with E-state index in [1.165, 1.54) is 10.9 Å². The molecule has 166 valence electrons. The molecule has 0 aromatic carbocycles. The Bertz CT molecular complexity index is 1010. The molecular weight excluding hydrogens is 402 g/mol. The molecule has 6 N–H and O–H groups in total. The van der Waals surface area contributed by atoms with Crippen molar-refractivity contribution in [2.45, 2.75) is 50.7 Å². The van der Waals surface area contributed by atoms with Crippen molar-refractivity contribution in [2.24, 2.45) is 5.92 Å². The molecule has 0 saturated carbocycles. The number of nitrogens with two attached hydrogens (primary N) is 1. The molecule has 11 nitrogen and oxygen atoms in total. The molecule has 2 fully saturated rings. The van der Waals surface area contributed by atoms with Gasteiger partial charge in [-0.3, -0.25) is 9.36 Å². The Morgan fingerprint density at radius 1 is 1.35 bits per heavy atom. The van der Waals surface area contributed by atoms with Gasteiger partial charge in [0.1, 0.15) is 17.7 Å². The highest BCUT2D eigenvalue weighted by molar-refractivity contribution is 5.83. The number of anilines is 1. The number of carbonyl (C=O) groups excluding carboxylic acids is 1. The van der Waals surface area contributed by atoms with E-state index in [4.69, 9.17) is 10.5 Å². The Morgan fingerprint density at radius 2 is 2.13 bits per heavy atom. The maximum Gasteiger partial charge on any atom is 0.252 e. The summed E-state index contributed by atoms with van der Waals surface area (Å²) in [6, 6.07) is 0. The number of rotatable bonds is 4. The van der Waals surface area contributed by atoms with Crippen LogP contribution in [0.25, 0.3) is 11.2 Å². The highest BCUT2D eigenvalue weighted by Crippen LogP contribution is 2.32. The van der Waals surface area contributed by atoms with Crippen LogP contribution >= 0.6 is 0 Å². The number of aliphatic hydroxyl groups excluding tert-OH is 2. The number of nitrogen functional groups attached to an aromatic ring is 1. The minimum Gasteiger partial charge on any atom is -0.387 e. The monoisotopic (exact) mass is 429 g/mol. The van der Waals surface area contributed by atoms with Crippen LogP contribution in [-0.4, -0.2) is 73.6 Å². The normalized spacial score (nSPS) is 26.5. The minimum absolute atomic E-state index is 0.156. The number of imidazole rings is 1. The number of carbonyl (C=O) groups is 1. The number of amides is 1. The van der Waals surface area contributed by atoms with Gasteiger partial charge in [0.25, 0.3) is 5.91 Å². The first kappa shape index (κ1) is 21.5. The van der Waals surface area contributed by atoms with E-state index in [-0.39, 0.29) is 11.6 Å². The fourth-order valence-electron chi connectivity index (χ4n) is 3.92. The van der Waals surface area contributed by atoms with Gasteiger partial charge >= 0.3 is 0 Å². The summed E-state index contributed by atoms with van der Waals surface area (Å²) < 4.78 is 7.10. The first-order valence-electron chi connectivity index (χ1n) is 10.5. The number of ether oxygens (including phenoxy) is 1. The molecule has 2 aliphatic heterocycles. The van der Waals surface area contributed by atoms with Crippen molar-refractivity contribution in [3.8, 4) is 11.8 Å². The van der Waals surface area contributed by atoms with Crippen LogP contribution in [0.4, 0.5) is 5.82 Å². The zero-order valence-corrected chi connectivity index (χ0v) is 17.3. The van der Waals surface area contributed by atoms with Crippen molar-refractivity contribution in [3.63, 3.8) is 0 Å². The summed E-state index contributed by atoms with van der Waals surface area (Å²) >= 11 is 0. The molecule has 0 radical (unpaired) electrons. The summed E-state index contributed by atoms with van der Waals surface area (Å²) in [6.07, 6.45) is -0.674. The van der Waals surface area contributed by atoms with E-state index in [2.05, 4.69) is 37.4 Å². The largest absolute Gasteiger partial charge is 0.387 e. The van der Waals surface area contributed by atoms with Crippen LogP contribution in [0.1, 0.15) is 38.2 Å². The second-order valence-corrected chi connectivity index (χ2v) is 7.78. The van der Waals surface area contributed by atoms with Crippen molar-refractivity contribution in [2.75, 3.05) is 25.4 Å². The van der Waals surface area contributed by atoms with E-state index in [1.54, 1.807) is 6.92 Å². The Morgan fingerprint density at radius 3 is 2.87 bits per heavy atom. The molecule has 0 spiro atoms. The third kappa shape index (κ3) is 4.33. The van der Waals surface area contributed by atoms with Gasteiger partial charge in [-0.05, 0) is 44.7 Å². The summed E-state index contributed by atoms with van der Waals surface area (Å²) in [4.78, 5) is 25.0. The molecular formula is C20H27N7O4. The molecule has 2 saturated heterocycles. The summed E-state index contributed by atoms with van der Waals surface area (Å²) in [5.41, 5.74) is 6.68. The summed E-state index contributed by atoms with van der Waals surface area (Å²) in [5.74, 6) is 6.55. The fraction of sp³-hybridized carbons (Fsp3) is 0.600. The number of nitrogens with one attached hydrogen (secondary N) is 2. The van der Waals surface area contributed by atoms with Crippen LogP contribution in [0.2, 0.25) is 0 Å². The van der Waals surface area contributed by atoms with Crippen LogP contribution in [0.3, 0.4) is 0 Å². The molecule has 2 aromatic rings. The average molecular weight is 429 g/mol. The minimum atomic E-state index is -1.39. The average Bonchev–Trinajstić information content (AvgIpc) is 3.31. The smallest absolute Gasteiger partial charge is 0.252 e. The molecule has 11 heteroatoms. The quantitative estimate of drug-likeness (QED) is 0.380. The van der Waals surface area contributed by atoms with Gasteiger partial charge in [-0.1, -0.05) is 5.92 Å². The van der Waals surface area contributed by atoms with Crippen LogP contribution in [0.15, 0.2) is 6.33 Å². The number of fused-ring (bicyclic) bond motifs is 1. The fourth-order valence-corrected chi connectivity index (χ4v) is 3.92. The predicted molar refractivity (Wildman–Crippen MR) is 111 cm³/mol. The van der Waals surface area contributed by atoms with Gasteiger partial charge in [0.05, 0.1) is 6.33 Å². The van der Waals surface area contributed by atoms with Gasteiger partial charge in [-0.2, -0.15) is 0 Å². The first-order chi connectivity index (χ1) is 15.0. The molecule has 4 rings (SSSR count). The predicted octanol–water partition coefficient (Wildman–Crippen LogP) is -1.09. The highest BCUT2D eigenvalue weighted by Gasteiger charge is 2.47. The Kier molecular flexibility index (Phi) is 6.33. The van der Waals surface area contributed by atoms with Crippen LogP contribution < -0.4 is 16.4 Å². The molecule has 2 aliphatic rings. The van der Waals surface area contributed by atoms with Crippen molar-refractivity contribution >= 4 is 22.9 Å². The first-order valence-corrected chi connectivity index (χ1v) is 10.5. The summed E-state index contributed by atoms with van der Waals surface area (Å²) in [6.45, 7) is 4.15. The lowest BCUT2D eigenvalue weighted by Gasteiger charge is -2.20. The maximum absolute atomic E-state index is 12.1. The number of aromatic nitrogens is 4.